The molecule has 2 N–H and O–H groups in total. The average Bonchev–Trinajstić information content (AvgIpc) is 2.93. The first kappa shape index (κ1) is 14.2. The number of piperidine rings is 1. The normalized spacial score (nSPS) is 24.4. The molecular weight excluding hydrogens is 294 g/mol. The molecule has 1 saturated heterocycles. The van der Waals surface area contributed by atoms with Crippen molar-refractivity contribution in [3.05, 3.63) is 16.0 Å². The van der Waals surface area contributed by atoms with Crippen molar-refractivity contribution < 1.29 is 0 Å². The Bertz CT molecular complexity index is 608. The van der Waals surface area contributed by atoms with Crippen molar-refractivity contribution in [2.75, 3.05) is 25.5 Å². The summed E-state index contributed by atoms with van der Waals surface area (Å²) in [7, 11) is 2.17. The summed E-state index contributed by atoms with van der Waals surface area (Å²) >= 11 is 1.91. The van der Waals surface area contributed by atoms with Gasteiger partial charge in [-0.3, -0.25) is 5.43 Å². The first-order chi connectivity index (χ1) is 10.8. The largest absolute Gasteiger partial charge is 0.338 e. The molecule has 1 aliphatic carbocycles. The maximum atomic E-state index is 4.67. The summed E-state index contributed by atoms with van der Waals surface area (Å²) in [4.78, 5) is 8.50. The van der Waals surface area contributed by atoms with Gasteiger partial charge in [-0.1, -0.05) is 0 Å². The number of thiophene rings is 1. The molecule has 6 heteroatoms. The third-order valence-electron chi connectivity index (χ3n) is 4.81. The van der Waals surface area contributed by atoms with Gasteiger partial charge in [0.25, 0.3) is 0 Å². The molecule has 118 valence electrons. The standard InChI is InChI=1S/C16H23N5S/c1-21-8-6-11(7-9-21)19-20-15-14-12-4-2-3-5-13(12)22-16(14)18-10-17-15/h10,15,20H,2-9H2,1H3,(H,17,18). The Kier molecular flexibility index (Phi) is 3.88. The van der Waals surface area contributed by atoms with Gasteiger partial charge in [0.2, 0.25) is 0 Å². The molecule has 1 aromatic rings. The van der Waals surface area contributed by atoms with Crippen LogP contribution in [0.5, 0.6) is 0 Å². The minimum Gasteiger partial charge on any atom is -0.338 e. The number of hydrazone groups is 1. The van der Waals surface area contributed by atoms with Gasteiger partial charge in [0.15, 0.2) is 6.17 Å². The fourth-order valence-corrected chi connectivity index (χ4v) is 4.75. The molecule has 3 heterocycles. The summed E-state index contributed by atoms with van der Waals surface area (Å²) < 4.78 is 0. The second kappa shape index (κ2) is 6.01. The van der Waals surface area contributed by atoms with E-state index in [1.807, 2.05) is 17.7 Å². The van der Waals surface area contributed by atoms with Crippen LogP contribution in [-0.4, -0.2) is 37.1 Å². The first-order valence-electron chi connectivity index (χ1n) is 8.23. The highest BCUT2D eigenvalue weighted by Crippen LogP contribution is 2.42. The molecule has 0 aromatic carbocycles. The number of aryl methyl sites for hydroxylation is 1. The van der Waals surface area contributed by atoms with E-state index in [2.05, 4.69) is 32.8 Å². The van der Waals surface area contributed by atoms with Crippen molar-refractivity contribution >= 4 is 28.4 Å². The van der Waals surface area contributed by atoms with Crippen LogP contribution in [0.3, 0.4) is 0 Å². The Morgan fingerprint density at radius 1 is 1.27 bits per heavy atom. The molecule has 1 fully saturated rings. The van der Waals surface area contributed by atoms with Crippen molar-refractivity contribution in [3.8, 4) is 0 Å². The number of aliphatic imine (C=N–C) groups is 1. The Morgan fingerprint density at radius 2 is 2.09 bits per heavy atom. The Balaban J connectivity index is 1.54. The van der Waals surface area contributed by atoms with Crippen LogP contribution in [0.2, 0.25) is 0 Å². The van der Waals surface area contributed by atoms with Crippen LogP contribution in [-0.2, 0) is 12.8 Å². The topological polar surface area (TPSA) is 52.0 Å². The molecular formula is C16H23N5S. The van der Waals surface area contributed by atoms with Crippen LogP contribution in [0.1, 0.15) is 47.9 Å². The second-order valence-corrected chi connectivity index (χ2v) is 7.49. The van der Waals surface area contributed by atoms with Crippen molar-refractivity contribution in [2.45, 2.75) is 44.7 Å². The highest BCUT2D eigenvalue weighted by atomic mass is 32.1. The second-order valence-electron chi connectivity index (χ2n) is 6.39. The van der Waals surface area contributed by atoms with Gasteiger partial charge in [-0.15, -0.1) is 11.3 Å². The third kappa shape index (κ3) is 2.65. The lowest BCUT2D eigenvalue weighted by atomic mass is 9.94. The molecule has 2 aliphatic heterocycles. The lowest BCUT2D eigenvalue weighted by Gasteiger charge is -2.24. The summed E-state index contributed by atoms with van der Waals surface area (Å²) in [6.45, 7) is 2.21. The molecule has 0 spiro atoms. The number of likely N-dealkylation sites (tertiary alicyclic amines) is 1. The van der Waals surface area contributed by atoms with Gasteiger partial charge in [0, 0.05) is 42.1 Å². The third-order valence-corrected chi connectivity index (χ3v) is 6.05. The molecule has 0 bridgehead atoms. The van der Waals surface area contributed by atoms with Crippen LogP contribution in [0.15, 0.2) is 10.1 Å². The molecule has 22 heavy (non-hydrogen) atoms. The minimum atomic E-state index is -0.0125. The molecule has 3 aliphatic rings. The van der Waals surface area contributed by atoms with Crippen molar-refractivity contribution in [2.24, 2.45) is 10.1 Å². The van der Waals surface area contributed by atoms with Gasteiger partial charge >= 0.3 is 0 Å². The molecule has 5 nitrogen and oxygen atoms in total. The smallest absolute Gasteiger partial charge is 0.164 e. The highest BCUT2D eigenvalue weighted by Gasteiger charge is 2.27. The summed E-state index contributed by atoms with van der Waals surface area (Å²) in [5.74, 6) is 0. The van der Waals surface area contributed by atoms with Crippen molar-refractivity contribution in [1.82, 2.24) is 10.3 Å². The van der Waals surface area contributed by atoms with Gasteiger partial charge in [0.05, 0.1) is 6.34 Å². The van der Waals surface area contributed by atoms with E-state index in [0.717, 1.165) is 25.9 Å². The van der Waals surface area contributed by atoms with E-state index in [9.17, 15) is 0 Å². The molecule has 0 amide bonds. The van der Waals surface area contributed by atoms with E-state index < -0.39 is 0 Å². The average molecular weight is 317 g/mol. The monoisotopic (exact) mass is 317 g/mol. The van der Waals surface area contributed by atoms with Gasteiger partial charge in [-0.05, 0) is 38.3 Å². The van der Waals surface area contributed by atoms with Crippen LogP contribution in [0, 0.1) is 0 Å². The Hall–Kier alpha value is -1.40. The van der Waals surface area contributed by atoms with Gasteiger partial charge in [-0.25, -0.2) is 4.99 Å². The maximum absolute atomic E-state index is 4.67. The molecule has 1 unspecified atom stereocenters. The minimum absolute atomic E-state index is 0.0125. The number of anilines is 1. The summed E-state index contributed by atoms with van der Waals surface area (Å²) in [6.07, 6.45) is 8.96. The number of hydrogen-bond donors (Lipinski definition) is 2. The van der Waals surface area contributed by atoms with Crippen LogP contribution < -0.4 is 10.7 Å². The maximum Gasteiger partial charge on any atom is 0.164 e. The van der Waals surface area contributed by atoms with E-state index in [-0.39, 0.29) is 6.17 Å². The number of fused-ring (bicyclic) bond motifs is 3. The van der Waals surface area contributed by atoms with E-state index in [1.54, 1.807) is 4.88 Å². The Morgan fingerprint density at radius 3 is 2.95 bits per heavy atom. The number of hydrogen-bond acceptors (Lipinski definition) is 6. The predicted molar refractivity (Wildman–Crippen MR) is 93.1 cm³/mol. The van der Waals surface area contributed by atoms with Gasteiger partial charge in [-0.2, -0.15) is 5.10 Å². The lowest BCUT2D eigenvalue weighted by molar-refractivity contribution is 0.334. The van der Waals surface area contributed by atoms with E-state index in [4.69, 9.17) is 0 Å². The van der Waals surface area contributed by atoms with E-state index >= 15 is 0 Å². The molecule has 0 radical (unpaired) electrons. The summed E-state index contributed by atoms with van der Waals surface area (Å²) in [5, 5.41) is 9.26. The fourth-order valence-electron chi connectivity index (χ4n) is 3.47. The van der Waals surface area contributed by atoms with Crippen LogP contribution in [0.25, 0.3) is 0 Å². The predicted octanol–water partition coefficient (Wildman–Crippen LogP) is 2.75. The zero-order valence-corrected chi connectivity index (χ0v) is 13.9. The van der Waals surface area contributed by atoms with E-state index in [0.29, 0.717) is 0 Å². The molecule has 0 saturated carbocycles. The molecule has 1 atom stereocenters. The van der Waals surface area contributed by atoms with Crippen LogP contribution in [0.4, 0.5) is 5.00 Å². The Labute approximate surface area is 135 Å². The van der Waals surface area contributed by atoms with Gasteiger partial charge in [0.1, 0.15) is 5.00 Å². The highest BCUT2D eigenvalue weighted by molar-refractivity contribution is 7.16. The van der Waals surface area contributed by atoms with E-state index in [1.165, 1.54) is 47.5 Å². The zero-order chi connectivity index (χ0) is 14.9. The summed E-state index contributed by atoms with van der Waals surface area (Å²) in [5.41, 5.74) is 7.48. The quantitative estimate of drug-likeness (QED) is 0.825. The number of nitrogens with one attached hydrogen (secondary N) is 2. The number of rotatable bonds is 2. The summed E-state index contributed by atoms with van der Waals surface area (Å²) in [6, 6.07) is 0. The number of nitrogens with zero attached hydrogens (tertiary/aromatic N) is 3. The van der Waals surface area contributed by atoms with Gasteiger partial charge < -0.3 is 10.2 Å². The SMILES string of the molecule is CN1CCC(=NNC2N=CNc3sc4c(c32)CCCC4)CC1. The van der Waals surface area contributed by atoms with Crippen molar-refractivity contribution in [1.29, 1.82) is 0 Å². The molecule has 1 aromatic heterocycles. The van der Waals surface area contributed by atoms with Crippen LogP contribution >= 0.6 is 11.3 Å². The first-order valence-corrected chi connectivity index (χ1v) is 9.05. The zero-order valence-electron chi connectivity index (χ0n) is 13.1. The lowest BCUT2D eigenvalue weighted by Crippen LogP contribution is -2.31. The van der Waals surface area contributed by atoms with Crippen molar-refractivity contribution in [3.63, 3.8) is 0 Å². The fraction of sp³-hybridized carbons (Fsp3) is 0.625. The molecule has 4 rings (SSSR count).